The van der Waals surface area contributed by atoms with Gasteiger partial charge < -0.3 is 21.3 Å². The minimum Gasteiger partial charge on any atom is -0.368 e. The molecule has 1 heterocycles. The molecule has 6 atom stereocenters. The first-order chi connectivity index (χ1) is 18.4. The number of hydrogen-bond donors (Lipinski definition) is 3. The Morgan fingerprint density at radius 2 is 1.66 bits per heavy atom. The SMILES string of the molecule is NC(=O)[C@@H](NC(=O)[C@@H]1CCCC[C@]12[C@H]1C3CCN(C(=O)Nc4ccc(F)cc4)CCCC312)c1ccccc1. The molecule has 1 aliphatic heterocycles. The Kier molecular flexibility index (Phi) is 6.16. The van der Waals surface area contributed by atoms with Crippen LogP contribution in [0.3, 0.4) is 0 Å². The van der Waals surface area contributed by atoms with Crippen LogP contribution in [-0.2, 0) is 9.59 Å². The number of benzene rings is 2. The number of carbonyl (C=O) groups is 3. The van der Waals surface area contributed by atoms with E-state index in [4.69, 9.17) is 5.73 Å². The zero-order chi connectivity index (χ0) is 26.5. The highest BCUT2D eigenvalue weighted by Crippen LogP contribution is 2.97. The Morgan fingerprint density at radius 1 is 0.921 bits per heavy atom. The van der Waals surface area contributed by atoms with Crippen LogP contribution in [0.5, 0.6) is 0 Å². The Hall–Kier alpha value is -3.42. The number of carbonyl (C=O) groups excluding carboxylic acids is 3. The first-order valence-corrected chi connectivity index (χ1v) is 13.8. The summed E-state index contributed by atoms with van der Waals surface area (Å²) in [6, 6.07) is 14.1. The second-order valence-corrected chi connectivity index (χ2v) is 11.5. The zero-order valence-electron chi connectivity index (χ0n) is 21.5. The maximum Gasteiger partial charge on any atom is 0.321 e. The largest absolute Gasteiger partial charge is 0.368 e. The van der Waals surface area contributed by atoms with Crippen LogP contribution in [0.1, 0.15) is 56.6 Å². The molecule has 38 heavy (non-hydrogen) atoms. The number of anilines is 1. The Bertz CT molecular complexity index is 1240. The number of likely N-dealkylation sites (tertiary alicyclic amines) is 1. The van der Waals surface area contributed by atoms with Crippen molar-refractivity contribution in [3.63, 3.8) is 0 Å². The van der Waals surface area contributed by atoms with E-state index in [1.54, 1.807) is 12.1 Å². The molecular formula is C30H35FN4O3. The average Bonchev–Trinajstić information content (AvgIpc) is 3.74. The van der Waals surface area contributed by atoms with E-state index in [0.717, 1.165) is 44.9 Å². The quantitative estimate of drug-likeness (QED) is 0.538. The van der Waals surface area contributed by atoms with Crippen LogP contribution in [-0.4, -0.2) is 35.8 Å². The number of halogens is 1. The molecule has 8 heteroatoms. The van der Waals surface area contributed by atoms with E-state index < -0.39 is 11.9 Å². The van der Waals surface area contributed by atoms with Crippen LogP contribution in [0.4, 0.5) is 14.9 Å². The lowest BCUT2D eigenvalue weighted by molar-refractivity contribution is -0.135. The predicted molar refractivity (Wildman–Crippen MR) is 141 cm³/mol. The van der Waals surface area contributed by atoms with E-state index in [1.165, 1.54) is 12.1 Å². The summed E-state index contributed by atoms with van der Waals surface area (Å²) in [6.45, 7) is 1.35. The molecule has 3 saturated carbocycles. The summed E-state index contributed by atoms with van der Waals surface area (Å²) in [4.78, 5) is 40.6. The number of hydrogen-bond acceptors (Lipinski definition) is 3. The van der Waals surface area contributed by atoms with Crippen LogP contribution in [0.2, 0.25) is 0 Å². The molecule has 3 aliphatic carbocycles. The van der Waals surface area contributed by atoms with E-state index in [-0.39, 0.29) is 34.5 Å². The summed E-state index contributed by atoms with van der Waals surface area (Å²) in [5.41, 5.74) is 7.21. The van der Waals surface area contributed by atoms with Crippen molar-refractivity contribution in [2.75, 3.05) is 18.4 Å². The highest BCUT2D eigenvalue weighted by atomic mass is 19.1. The van der Waals surface area contributed by atoms with Crippen molar-refractivity contribution in [2.24, 2.45) is 34.3 Å². The van der Waals surface area contributed by atoms with Gasteiger partial charge in [0.1, 0.15) is 11.9 Å². The van der Waals surface area contributed by atoms with Crippen molar-refractivity contribution >= 4 is 23.5 Å². The molecule has 2 unspecified atom stereocenters. The van der Waals surface area contributed by atoms with Crippen molar-refractivity contribution in [3.05, 3.63) is 66.0 Å². The topological polar surface area (TPSA) is 105 Å². The Labute approximate surface area is 222 Å². The molecule has 4 N–H and O–H groups in total. The molecule has 2 aromatic carbocycles. The van der Waals surface area contributed by atoms with Gasteiger partial charge in [0, 0.05) is 24.7 Å². The Morgan fingerprint density at radius 3 is 2.39 bits per heavy atom. The fraction of sp³-hybridized carbons (Fsp3) is 0.500. The summed E-state index contributed by atoms with van der Waals surface area (Å²) >= 11 is 0. The Balaban J connectivity index is 1.12. The lowest BCUT2D eigenvalue weighted by atomic mass is 9.63. The first kappa shape index (κ1) is 24.9. The highest BCUT2D eigenvalue weighted by molar-refractivity contribution is 5.90. The van der Waals surface area contributed by atoms with Crippen molar-refractivity contribution < 1.29 is 18.8 Å². The van der Waals surface area contributed by atoms with Crippen LogP contribution in [0.15, 0.2) is 54.6 Å². The molecular weight excluding hydrogens is 483 g/mol. The fourth-order valence-corrected chi connectivity index (χ4v) is 8.42. The molecule has 4 aliphatic rings. The van der Waals surface area contributed by atoms with Gasteiger partial charge in [0.2, 0.25) is 11.8 Å². The number of rotatable bonds is 5. The third kappa shape index (κ3) is 3.87. The molecule has 7 nitrogen and oxygen atoms in total. The molecule has 0 radical (unpaired) electrons. The van der Waals surface area contributed by atoms with Gasteiger partial charge >= 0.3 is 6.03 Å². The predicted octanol–water partition coefficient (Wildman–Crippen LogP) is 4.61. The van der Waals surface area contributed by atoms with Gasteiger partial charge in [-0.05, 0) is 84.6 Å². The number of primary amides is 1. The van der Waals surface area contributed by atoms with Crippen LogP contribution in [0, 0.1) is 34.4 Å². The summed E-state index contributed by atoms with van der Waals surface area (Å²) in [5.74, 6) is 0.0476. The number of amides is 4. The lowest BCUT2D eigenvalue weighted by Crippen LogP contribution is -2.48. The van der Waals surface area contributed by atoms with Crippen LogP contribution in [0.25, 0.3) is 0 Å². The van der Waals surface area contributed by atoms with Gasteiger partial charge in [-0.3, -0.25) is 9.59 Å². The molecule has 2 aromatic rings. The molecule has 2 spiro atoms. The summed E-state index contributed by atoms with van der Waals surface area (Å²) in [5, 5.41) is 5.90. The average molecular weight is 519 g/mol. The van der Waals surface area contributed by atoms with E-state index in [9.17, 15) is 18.8 Å². The highest BCUT2D eigenvalue weighted by Gasteiger charge is 2.94. The van der Waals surface area contributed by atoms with Crippen molar-refractivity contribution in [1.29, 1.82) is 0 Å². The summed E-state index contributed by atoms with van der Waals surface area (Å²) in [6.07, 6.45) is 6.93. The number of nitrogens with zero attached hydrogens (tertiary/aromatic N) is 1. The molecule has 4 amide bonds. The van der Waals surface area contributed by atoms with Gasteiger partial charge in [-0.1, -0.05) is 43.2 Å². The summed E-state index contributed by atoms with van der Waals surface area (Å²) in [7, 11) is 0. The van der Waals surface area contributed by atoms with Crippen LogP contribution >= 0.6 is 0 Å². The second-order valence-electron chi connectivity index (χ2n) is 11.5. The van der Waals surface area contributed by atoms with Crippen molar-refractivity contribution in [1.82, 2.24) is 10.2 Å². The maximum absolute atomic E-state index is 13.7. The minimum atomic E-state index is -0.823. The number of nitrogens with two attached hydrogens (primary N) is 1. The minimum absolute atomic E-state index is 0.0252. The molecule has 0 aromatic heterocycles. The number of urea groups is 1. The second kappa shape index (κ2) is 9.40. The smallest absolute Gasteiger partial charge is 0.321 e. The van der Waals surface area contributed by atoms with Crippen molar-refractivity contribution in [2.45, 2.75) is 51.0 Å². The third-order valence-electron chi connectivity index (χ3n) is 9.93. The standard InChI is InChI=1S/C30H35FN4O3/c31-20-10-12-21(13-11-20)33-28(38)35-17-6-16-29-22(14-18-35)25(29)30(29)15-5-4-9-23(30)27(37)34-24(26(32)36)19-7-2-1-3-8-19/h1-3,7-8,10-13,22-25H,4-6,9,14-18H2,(H2,32,36)(H,33,38)(H,34,37)/t22?,23-,24-,25-,29?,30+/m0/s1. The zero-order valence-corrected chi connectivity index (χ0v) is 21.5. The normalized spacial score (nSPS) is 32.1. The van der Waals surface area contributed by atoms with Gasteiger partial charge in [0.25, 0.3) is 0 Å². The van der Waals surface area contributed by atoms with Gasteiger partial charge in [0.15, 0.2) is 0 Å². The third-order valence-corrected chi connectivity index (χ3v) is 9.93. The van der Waals surface area contributed by atoms with Gasteiger partial charge in [-0.2, -0.15) is 0 Å². The summed E-state index contributed by atoms with van der Waals surface area (Å²) < 4.78 is 13.2. The molecule has 200 valence electrons. The van der Waals surface area contributed by atoms with E-state index in [1.807, 2.05) is 35.2 Å². The number of fused-ring (bicyclic) bond motifs is 2. The van der Waals surface area contributed by atoms with Gasteiger partial charge in [-0.25, -0.2) is 9.18 Å². The monoisotopic (exact) mass is 518 g/mol. The van der Waals surface area contributed by atoms with Crippen LogP contribution < -0.4 is 16.4 Å². The van der Waals surface area contributed by atoms with Gasteiger partial charge in [-0.15, -0.1) is 0 Å². The van der Waals surface area contributed by atoms with Gasteiger partial charge in [0.05, 0.1) is 0 Å². The molecule has 6 rings (SSSR count). The first-order valence-electron chi connectivity index (χ1n) is 13.8. The number of nitrogens with one attached hydrogen (secondary N) is 2. The molecule has 4 fully saturated rings. The van der Waals surface area contributed by atoms with Crippen molar-refractivity contribution in [3.8, 4) is 0 Å². The van der Waals surface area contributed by atoms with E-state index >= 15 is 0 Å². The fourth-order valence-electron chi connectivity index (χ4n) is 8.42. The lowest BCUT2D eigenvalue weighted by Gasteiger charge is -2.43. The van der Waals surface area contributed by atoms with E-state index in [2.05, 4.69) is 10.6 Å². The molecule has 1 saturated heterocycles. The molecule has 0 bridgehead atoms. The maximum atomic E-state index is 13.7. The van der Waals surface area contributed by atoms with E-state index in [0.29, 0.717) is 36.2 Å².